The van der Waals surface area contributed by atoms with Crippen LogP contribution in [0, 0.1) is 0 Å². The highest BCUT2D eigenvalue weighted by atomic mass is 35.5. The van der Waals surface area contributed by atoms with Gasteiger partial charge in [0.15, 0.2) is 0 Å². The van der Waals surface area contributed by atoms with Crippen molar-refractivity contribution in [2.75, 3.05) is 5.34 Å². The largest absolute Gasteiger partial charge is 0.265 e. The molecule has 1 rings (SSSR count). The summed E-state index contributed by atoms with van der Waals surface area (Å²) >= 11 is 9.53. The van der Waals surface area contributed by atoms with Gasteiger partial charge >= 0.3 is 0 Å². The zero-order chi connectivity index (χ0) is 6.95. The van der Waals surface area contributed by atoms with E-state index < -0.39 is 0 Å². The Morgan fingerprint density at radius 3 is 1.56 bits per heavy atom. The SMILES string of the molecule is ClCCl.c1ccncc1. The molecule has 0 N–H and O–H groups in total. The van der Waals surface area contributed by atoms with Crippen molar-refractivity contribution in [1.82, 2.24) is 4.98 Å². The molecule has 0 saturated carbocycles. The number of pyridine rings is 1. The van der Waals surface area contributed by atoms with Gasteiger partial charge in [0.05, 0.1) is 5.34 Å². The fourth-order valence-electron chi connectivity index (χ4n) is 0.313. The fourth-order valence-corrected chi connectivity index (χ4v) is 0.313. The lowest BCUT2D eigenvalue weighted by atomic mass is 10.5. The molecule has 0 saturated heterocycles. The van der Waals surface area contributed by atoms with Crippen LogP contribution in [-0.4, -0.2) is 10.3 Å². The molecule has 0 atom stereocenters. The maximum absolute atomic E-state index is 4.76. The highest BCUT2D eigenvalue weighted by Gasteiger charge is 1.58. The summed E-state index contributed by atoms with van der Waals surface area (Å²) in [6.07, 6.45) is 3.50. The van der Waals surface area contributed by atoms with Crippen LogP contribution in [0.2, 0.25) is 0 Å². The second-order valence-electron chi connectivity index (χ2n) is 1.13. The monoisotopic (exact) mass is 163 g/mol. The van der Waals surface area contributed by atoms with E-state index in [2.05, 4.69) is 4.98 Å². The molecule has 1 heterocycles. The summed E-state index contributed by atoms with van der Waals surface area (Å²) in [5, 5.41) is 0.194. The molecule has 0 aliphatic carbocycles. The van der Waals surface area contributed by atoms with Gasteiger partial charge in [0.25, 0.3) is 0 Å². The van der Waals surface area contributed by atoms with E-state index >= 15 is 0 Å². The summed E-state index contributed by atoms with van der Waals surface area (Å²) in [6, 6.07) is 5.72. The molecule has 0 bridgehead atoms. The van der Waals surface area contributed by atoms with Gasteiger partial charge in [-0.25, -0.2) is 0 Å². The van der Waals surface area contributed by atoms with Gasteiger partial charge in [-0.15, -0.1) is 23.2 Å². The van der Waals surface area contributed by atoms with Crippen molar-refractivity contribution in [3.63, 3.8) is 0 Å². The fraction of sp³-hybridized carbons (Fsp3) is 0.167. The van der Waals surface area contributed by atoms with E-state index in [1.807, 2.05) is 18.2 Å². The highest BCUT2D eigenvalue weighted by molar-refractivity contribution is 6.40. The molecular formula is C6H7Cl2N. The minimum atomic E-state index is 0.194. The van der Waals surface area contributed by atoms with Gasteiger partial charge < -0.3 is 0 Å². The Hall–Kier alpha value is -0.270. The third kappa shape index (κ3) is 7.73. The highest BCUT2D eigenvalue weighted by Crippen LogP contribution is 1.73. The van der Waals surface area contributed by atoms with Gasteiger partial charge in [-0.05, 0) is 12.1 Å². The van der Waals surface area contributed by atoms with Gasteiger partial charge in [-0.2, -0.15) is 0 Å². The number of rotatable bonds is 0. The molecule has 1 nitrogen and oxygen atoms in total. The predicted octanol–water partition coefficient (Wildman–Crippen LogP) is 2.50. The third-order valence-corrected chi connectivity index (χ3v) is 0.566. The van der Waals surface area contributed by atoms with Crippen LogP contribution >= 0.6 is 23.2 Å². The van der Waals surface area contributed by atoms with E-state index in [9.17, 15) is 0 Å². The van der Waals surface area contributed by atoms with Crippen LogP contribution in [0.25, 0.3) is 0 Å². The van der Waals surface area contributed by atoms with Gasteiger partial charge in [-0.3, -0.25) is 4.98 Å². The predicted molar refractivity (Wildman–Crippen MR) is 40.8 cm³/mol. The van der Waals surface area contributed by atoms with Gasteiger partial charge in [0.1, 0.15) is 0 Å². The number of alkyl halides is 2. The lowest BCUT2D eigenvalue weighted by Crippen LogP contribution is -1.58. The van der Waals surface area contributed by atoms with Crippen molar-refractivity contribution >= 4 is 23.2 Å². The lowest BCUT2D eigenvalue weighted by molar-refractivity contribution is 1.33. The van der Waals surface area contributed by atoms with Crippen LogP contribution in [-0.2, 0) is 0 Å². The zero-order valence-electron chi connectivity index (χ0n) is 4.80. The molecular weight excluding hydrogens is 157 g/mol. The topological polar surface area (TPSA) is 12.9 Å². The number of halogens is 2. The molecule has 0 aliphatic rings. The summed E-state index contributed by atoms with van der Waals surface area (Å²) in [4.78, 5) is 3.78. The van der Waals surface area contributed by atoms with E-state index in [1.54, 1.807) is 12.4 Å². The average molecular weight is 164 g/mol. The standard InChI is InChI=1S/C5H5N.CH2Cl2/c1-2-4-6-5-3-1;2-1-3/h1-5H;1H2. The summed E-state index contributed by atoms with van der Waals surface area (Å²) in [5.41, 5.74) is 0. The molecule has 0 aliphatic heterocycles. The summed E-state index contributed by atoms with van der Waals surface area (Å²) in [5.74, 6) is 0. The molecule has 0 radical (unpaired) electrons. The molecule has 0 amide bonds. The molecule has 1 aromatic heterocycles. The Balaban J connectivity index is 0.000000187. The number of hydrogen-bond acceptors (Lipinski definition) is 1. The Morgan fingerprint density at radius 1 is 1.00 bits per heavy atom. The Labute approximate surface area is 64.6 Å². The van der Waals surface area contributed by atoms with Crippen molar-refractivity contribution in [3.8, 4) is 0 Å². The molecule has 3 heteroatoms. The Morgan fingerprint density at radius 2 is 1.44 bits per heavy atom. The smallest absolute Gasteiger partial charge is 0.0967 e. The van der Waals surface area contributed by atoms with Crippen LogP contribution in [0.4, 0.5) is 0 Å². The summed E-state index contributed by atoms with van der Waals surface area (Å²) in [6.45, 7) is 0. The van der Waals surface area contributed by atoms with Crippen LogP contribution in [0.5, 0.6) is 0 Å². The second-order valence-corrected chi connectivity index (χ2v) is 1.93. The molecule has 50 valence electrons. The minimum Gasteiger partial charge on any atom is -0.265 e. The number of aromatic nitrogens is 1. The molecule has 9 heavy (non-hydrogen) atoms. The van der Waals surface area contributed by atoms with Crippen LogP contribution in [0.15, 0.2) is 30.6 Å². The first kappa shape index (κ1) is 8.73. The van der Waals surface area contributed by atoms with E-state index in [1.165, 1.54) is 0 Å². The van der Waals surface area contributed by atoms with Crippen molar-refractivity contribution in [2.24, 2.45) is 0 Å². The van der Waals surface area contributed by atoms with E-state index in [-0.39, 0.29) is 5.34 Å². The van der Waals surface area contributed by atoms with E-state index in [0.29, 0.717) is 0 Å². The Kier molecular flexibility index (Phi) is 7.50. The first-order valence-corrected chi connectivity index (χ1v) is 3.45. The first-order chi connectivity index (χ1) is 4.41. The van der Waals surface area contributed by atoms with Gasteiger partial charge in [-0.1, -0.05) is 6.07 Å². The molecule has 1 aromatic rings. The van der Waals surface area contributed by atoms with E-state index in [0.717, 1.165) is 0 Å². The average Bonchev–Trinajstić information content (AvgIpc) is 1.93. The summed E-state index contributed by atoms with van der Waals surface area (Å²) in [7, 11) is 0. The third-order valence-electron chi connectivity index (χ3n) is 0.566. The quantitative estimate of drug-likeness (QED) is 0.536. The maximum Gasteiger partial charge on any atom is 0.0967 e. The number of nitrogens with zero attached hydrogens (tertiary/aromatic N) is 1. The molecule has 0 fully saturated rings. The van der Waals surface area contributed by atoms with Crippen LogP contribution < -0.4 is 0 Å². The first-order valence-electron chi connectivity index (χ1n) is 2.38. The van der Waals surface area contributed by atoms with E-state index in [4.69, 9.17) is 23.2 Å². The normalized spacial score (nSPS) is 7.33. The van der Waals surface area contributed by atoms with Crippen LogP contribution in [0.3, 0.4) is 0 Å². The van der Waals surface area contributed by atoms with Gasteiger partial charge in [0.2, 0.25) is 0 Å². The summed E-state index contributed by atoms with van der Waals surface area (Å²) < 4.78 is 0. The molecule has 0 aromatic carbocycles. The van der Waals surface area contributed by atoms with Crippen molar-refractivity contribution in [2.45, 2.75) is 0 Å². The zero-order valence-corrected chi connectivity index (χ0v) is 6.31. The lowest BCUT2D eigenvalue weighted by Gasteiger charge is -1.70. The number of hydrogen-bond donors (Lipinski definition) is 0. The van der Waals surface area contributed by atoms with Crippen molar-refractivity contribution < 1.29 is 0 Å². The van der Waals surface area contributed by atoms with Crippen molar-refractivity contribution in [1.29, 1.82) is 0 Å². The van der Waals surface area contributed by atoms with Crippen LogP contribution in [0.1, 0.15) is 0 Å². The van der Waals surface area contributed by atoms with Crippen molar-refractivity contribution in [3.05, 3.63) is 30.6 Å². The molecule has 0 unspecified atom stereocenters. The second kappa shape index (κ2) is 7.73. The minimum absolute atomic E-state index is 0.194. The maximum atomic E-state index is 4.76. The molecule has 0 spiro atoms. The van der Waals surface area contributed by atoms with Gasteiger partial charge in [0, 0.05) is 12.4 Å². The Bertz CT molecular complexity index is 93.9.